The maximum Gasteiger partial charge on any atom is 0.336 e. The van der Waals surface area contributed by atoms with Crippen LogP contribution in [-0.2, 0) is 40.1 Å². The molecule has 0 radical (unpaired) electrons. The lowest BCUT2D eigenvalue weighted by Gasteiger charge is -2.27. The number of alkyl halides is 1. The number of ether oxygens (including phenoxy) is 1. The van der Waals surface area contributed by atoms with Crippen LogP contribution in [0.1, 0.15) is 30.9 Å². The Hall–Kier alpha value is -2.81. The van der Waals surface area contributed by atoms with E-state index in [0.29, 0.717) is 17.0 Å². The molecule has 8 atom stereocenters. The average molecular weight is 658 g/mol. The zero-order valence-corrected chi connectivity index (χ0v) is 24.8. The topological polar surface area (TPSA) is 210 Å². The first-order valence-corrected chi connectivity index (χ1v) is 17.2. The standard InChI is InChI=1S/C22H25FN9O8PS2/c1-10-29-20-17(21(33)30-10)27-9-32(20)22-15-3-12(38-22)6-37-41(34,42)39-18-11(4-28-43(35,36)40-15)2-14(16(18)23)31-8-26-13-5-24-7-25-19(13)31/h5,7-9,11-12,14-16,18,22,28H,2-4,6H2,1H3,(H,34,42)(H,29,30,33)/t11-,12+,14-,15-,16+,18-,22-,41?/m1/s1. The Labute approximate surface area is 247 Å². The summed E-state index contributed by atoms with van der Waals surface area (Å²) in [5, 5.41) is 0. The van der Waals surface area contributed by atoms with E-state index in [9.17, 15) is 18.1 Å². The number of H-pyrrole nitrogens is 1. The van der Waals surface area contributed by atoms with Crippen LogP contribution in [0.4, 0.5) is 4.39 Å². The molecule has 4 aromatic rings. The van der Waals surface area contributed by atoms with Crippen molar-refractivity contribution in [1.29, 1.82) is 0 Å². The number of hydrogen-bond donors (Lipinski definition) is 3. The van der Waals surface area contributed by atoms with Crippen molar-refractivity contribution in [2.45, 2.75) is 56.5 Å². The van der Waals surface area contributed by atoms with Crippen LogP contribution in [0.5, 0.6) is 0 Å². The number of aryl methyl sites for hydroxylation is 1. The van der Waals surface area contributed by atoms with E-state index >= 15 is 4.39 Å². The van der Waals surface area contributed by atoms with Gasteiger partial charge in [-0.25, -0.2) is 33.5 Å². The van der Waals surface area contributed by atoms with Crippen molar-refractivity contribution in [2.24, 2.45) is 5.92 Å². The lowest BCUT2D eigenvalue weighted by atomic mass is 10.1. The fourth-order valence-corrected chi connectivity index (χ4v) is 8.31. The molecular weight excluding hydrogens is 632 g/mol. The van der Waals surface area contributed by atoms with Crippen molar-refractivity contribution in [3.8, 4) is 0 Å². The summed E-state index contributed by atoms with van der Waals surface area (Å²) in [4.78, 5) is 46.6. The summed E-state index contributed by atoms with van der Waals surface area (Å²) in [6, 6.07) is -0.860. The monoisotopic (exact) mass is 657 g/mol. The van der Waals surface area contributed by atoms with Gasteiger partial charge in [-0.05, 0) is 25.2 Å². The second-order valence-electron chi connectivity index (χ2n) is 10.5. The number of nitrogens with one attached hydrogen (secondary N) is 2. The third kappa shape index (κ3) is 5.40. The second kappa shape index (κ2) is 10.7. The first-order valence-electron chi connectivity index (χ1n) is 13.2. The molecule has 0 spiro atoms. The zero-order valence-electron chi connectivity index (χ0n) is 22.3. The van der Waals surface area contributed by atoms with Gasteiger partial charge in [-0.3, -0.25) is 9.36 Å². The first-order chi connectivity index (χ1) is 20.5. The molecule has 17 nitrogen and oxygen atoms in total. The molecule has 2 bridgehead atoms. The van der Waals surface area contributed by atoms with Gasteiger partial charge in [0, 0.05) is 18.9 Å². The Morgan fingerprint density at radius 3 is 2.84 bits per heavy atom. The van der Waals surface area contributed by atoms with Crippen LogP contribution >= 0.6 is 6.72 Å². The van der Waals surface area contributed by atoms with Gasteiger partial charge in [0.05, 0.1) is 37.6 Å². The number of hydrogen-bond acceptors (Lipinski definition) is 13. The Kier molecular flexibility index (Phi) is 7.18. The highest BCUT2D eigenvalue weighted by molar-refractivity contribution is 8.07. The van der Waals surface area contributed by atoms with E-state index in [-0.39, 0.29) is 37.2 Å². The molecule has 1 saturated carbocycles. The summed E-state index contributed by atoms with van der Waals surface area (Å²) in [7, 11) is -4.43. The van der Waals surface area contributed by atoms with E-state index in [0.717, 1.165) is 0 Å². The fourth-order valence-electron chi connectivity index (χ4n) is 5.84. The van der Waals surface area contributed by atoms with Crippen molar-refractivity contribution in [3.05, 3.63) is 41.4 Å². The molecule has 43 heavy (non-hydrogen) atoms. The van der Waals surface area contributed by atoms with E-state index in [2.05, 4.69) is 34.6 Å². The molecule has 21 heteroatoms. The number of halogens is 1. The van der Waals surface area contributed by atoms with Gasteiger partial charge in [-0.15, -0.1) is 0 Å². The van der Waals surface area contributed by atoms with Gasteiger partial charge in [0.25, 0.3) is 5.56 Å². The van der Waals surface area contributed by atoms with Crippen molar-refractivity contribution in [1.82, 2.24) is 43.8 Å². The molecule has 1 unspecified atom stereocenters. The largest absolute Gasteiger partial charge is 0.349 e. The molecule has 3 aliphatic rings. The molecule has 0 amide bonds. The molecule has 3 fully saturated rings. The van der Waals surface area contributed by atoms with E-state index in [1.807, 2.05) is 0 Å². The van der Waals surface area contributed by atoms with Crippen LogP contribution in [0.3, 0.4) is 0 Å². The molecule has 0 aromatic carbocycles. The number of rotatable bonds is 2. The number of imidazole rings is 2. The number of nitrogens with zero attached hydrogens (tertiary/aromatic N) is 7. The van der Waals surface area contributed by atoms with Crippen LogP contribution < -0.4 is 10.3 Å². The summed E-state index contributed by atoms with van der Waals surface area (Å²) in [6.45, 7) is -3.06. The summed E-state index contributed by atoms with van der Waals surface area (Å²) in [5.74, 6) is -0.465. The van der Waals surface area contributed by atoms with Crippen LogP contribution in [0, 0.1) is 12.8 Å². The van der Waals surface area contributed by atoms with Crippen molar-refractivity contribution >= 4 is 51.2 Å². The predicted molar refractivity (Wildman–Crippen MR) is 148 cm³/mol. The molecule has 2 saturated heterocycles. The van der Waals surface area contributed by atoms with Gasteiger partial charge < -0.3 is 28.2 Å². The molecule has 7 rings (SSSR count). The molecule has 1 aliphatic carbocycles. The molecule has 6 heterocycles. The number of fused-ring (bicyclic) bond motifs is 5. The second-order valence-corrected chi connectivity index (χ2v) is 14.7. The van der Waals surface area contributed by atoms with Gasteiger partial charge in [-0.1, -0.05) is 0 Å². The zero-order chi connectivity index (χ0) is 30.1. The van der Waals surface area contributed by atoms with Crippen molar-refractivity contribution in [3.63, 3.8) is 0 Å². The highest BCUT2D eigenvalue weighted by Gasteiger charge is 2.50. The average Bonchev–Trinajstić information content (AvgIpc) is 3.71. The third-order valence-corrected chi connectivity index (χ3v) is 10.3. The highest BCUT2D eigenvalue weighted by atomic mass is 32.5. The van der Waals surface area contributed by atoms with Crippen LogP contribution in [0.2, 0.25) is 0 Å². The lowest BCUT2D eigenvalue weighted by molar-refractivity contribution is -0.0441. The molecule has 4 aromatic heterocycles. The first kappa shape index (κ1) is 28.9. The van der Waals surface area contributed by atoms with Crippen molar-refractivity contribution < 1.29 is 35.7 Å². The summed E-state index contributed by atoms with van der Waals surface area (Å²) in [6.07, 6.45) is -0.447. The molecule has 3 N–H and O–H groups in total. The van der Waals surface area contributed by atoms with Crippen molar-refractivity contribution in [2.75, 3.05) is 13.2 Å². The Balaban J connectivity index is 1.19. The summed E-state index contributed by atoms with van der Waals surface area (Å²) < 4.78 is 70.6. The van der Waals surface area contributed by atoms with Crippen LogP contribution in [-0.4, -0.2) is 90.0 Å². The quantitative estimate of drug-likeness (QED) is 0.248. The van der Waals surface area contributed by atoms with E-state index in [4.69, 9.17) is 29.8 Å². The maximum absolute atomic E-state index is 16.0. The SMILES string of the molecule is Cc1nc2c(ncn2[C@@H]2O[C@@H]3COP(O)(=S)O[C@@H]4[C@@H](CNS(=O)(=O)O[C@@H]2C3)C[C@@H](n2cnc3cncnc32)[C@@H]4F)c(=O)[nH]1. The fraction of sp³-hybridized carbons (Fsp3) is 0.545. The summed E-state index contributed by atoms with van der Waals surface area (Å²) in [5.41, 5.74) is 0.557. The number of aromatic amines is 1. The van der Waals surface area contributed by atoms with Crippen LogP contribution in [0.25, 0.3) is 22.3 Å². The van der Waals surface area contributed by atoms with Gasteiger partial charge in [0.15, 0.2) is 23.0 Å². The van der Waals surface area contributed by atoms with Gasteiger partial charge >= 0.3 is 17.0 Å². The Morgan fingerprint density at radius 1 is 1.19 bits per heavy atom. The van der Waals surface area contributed by atoms with Gasteiger partial charge in [0.1, 0.15) is 36.0 Å². The normalized spacial score (nSPS) is 34.9. The van der Waals surface area contributed by atoms with E-state index < -0.39 is 65.3 Å². The minimum absolute atomic E-state index is 0.00101. The maximum atomic E-state index is 16.0. The van der Waals surface area contributed by atoms with Gasteiger partial charge in [-0.2, -0.15) is 13.1 Å². The lowest BCUT2D eigenvalue weighted by Crippen LogP contribution is -2.38. The van der Waals surface area contributed by atoms with E-state index in [1.165, 1.54) is 34.3 Å². The molecule has 2 aliphatic heterocycles. The Morgan fingerprint density at radius 2 is 2.00 bits per heavy atom. The third-order valence-electron chi connectivity index (χ3n) is 7.71. The van der Waals surface area contributed by atoms with Gasteiger partial charge in [0.2, 0.25) is 0 Å². The van der Waals surface area contributed by atoms with E-state index in [1.54, 1.807) is 6.92 Å². The minimum Gasteiger partial charge on any atom is -0.349 e. The van der Waals surface area contributed by atoms with Crippen LogP contribution in [0.15, 0.2) is 30.0 Å². The highest BCUT2D eigenvalue weighted by Crippen LogP contribution is 2.52. The predicted octanol–water partition coefficient (Wildman–Crippen LogP) is 0.306. The summed E-state index contributed by atoms with van der Waals surface area (Å²) >= 11 is 5.24. The number of aromatic nitrogens is 8. The molecule has 230 valence electrons. The molecular formula is C22H25FN9O8PS2. The smallest absolute Gasteiger partial charge is 0.336 e. The Bertz CT molecular complexity index is 1920. The minimum atomic E-state index is -4.43.